The van der Waals surface area contributed by atoms with Gasteiger partial charge in [0.2, 0.25) is 0 Å². The van der Waals surface area contributed by atoms with E-state index in [9.17, 15) is 8.42 Å². The van der Waals surface area contributed by atoms with Gasteiger partial charge in [0, 0.05) is 18.1 Å². The second-order valence-corrected chi connectivity index (χ2v) is 6.46. The molecule has 80 valence electrons. The molecule has 0 saturated carbocycles. The number of hydrogen-bond acceptors (Lipinski definition) is 4. The van der Waals surface area contributed by atoms with Crippen LogP contribution < -0.4 is 5.32 Å². The molecule has 0 fully saturated rings. The zero-order chi connectivity index (χ0) is 10.3. The molecular weight excluding hydrogens is 206 g/mol. The Balaban J connectivity index is 3.36. The van der Waals surface area contributed by atoms with E-state index in [2.05, 4.69) is 18.5 Å². The van der Waals surface area contributed by atoms with Gasteiger partial charge < -0.3 is 5.32 Å². The van der Waals surface area contributed by atoms with Gasteiger partial charge in [0.15, 0.2) is 0 Å². The first-order valence-corrected chi connectivity index (χ1v) is 7.81. The fourth-order valence-electron chi connectivity index (χ4n) is 0.992. The number of nitrogens with one attached hydrogen (secondary N) is 1. The van der Waals surface area contributed by atoms with Crippen LogP contribution in [0.3, 0.4) is 0 Å². The minimum atomic E-state index is -2.78. The molecule has 0 aliphatic heterocycles. The molecule has 0 aliphatic rings. The third kappa shape index (κ3) is 10.2. The van der Waals surface area contributed by atoms with Crippen LogP contribution in [0.1, 0.15) is 13.3 Å². The molecule has 0 aromatic carbocycles. The van der Waals surface area contributed by atoms with Crippen LogP contribution in [0.4, 0.5) is 0 Å². The third-order valence-electron chi connectivity index (χ3n) is 1.60. The van der Waals surface area contributed by atoms with Gasteiger partial charge >= 0.3 is 0 Å². The van der Waals surface area contributed by atoms with E-state index < -0.39 is 9.84 Å². The summed E-state index contributed by atoms with van der Waals surface area (Å²) < 4.78 is 21.5. The summed E-state index contributed by atoms with van der Waals surface area (Å²) in [7, 11) is -2.78. The smallest absolute Gasteiger partial charge is 0.147 e. The van der Waals surface area contributed by atoms with Crippen molar-refractivity contribution in [1.82, 2.24) is 5.32 Å². The molecule has 0 radical (unpaired) electrons. The fourth-order valence-corrected chi connectivity index (χ4v) is 2.28. The number of thioether (sulfide) groups is 1. The molecule has 13 heavy (non-hydrogen) atoms. The molecule has 0 heterocycles. The zero-order valence-corrected chi connectivity index (χ0v) is 10.2. The van der Waals surface area contributed by atoms with E-state index in [1.54, 1.807) is 11.8 Å². The highest BCUT2D eigenvalue weighted by Gasteiger charge is 2.02. The summed E-state index contributed by atoms with van der Waals surface area (Å²) in [6.45, 7) is 2.89. The Hall–Kier alpha value is 0.260. The monoisotopic (exact) mass is 225 g/mol. The van der Waals surface area contributed by atoms with E-state index in [-0.39, 0.29) is 5.75 Å². The van der Waals surface area contributed by atoms with Crippen LogP contribution in [-0.2, 0) is 9.84 Å². The topological polar surface area (TPSA) is 46.2 Å². The molecule has 0 rings (SSSR count). The van der Waals surface area contributed by atoms with Gasteiger partial charge in [0.05, 0.1) is 5.75 Å². The van der Waals surface area contributed by atoms with Crippen molar-refractivity contribution < 1.29 is 8.42 Å². The SMILES string of the molecule is CSCC(C)NCCCS(C)(=O)=O. The van der Waals surface area contributed by atoms with Crippen molar-refractivity contribution in [2.75, 3.05) is 30.6 Å². The average Bonchev–Trinajstić information content (AvgIpc) is 1.97. The van der Waals surface area contributed by atoms with E-state index in [1.807, 2.05) is 0 Å². The first-order chi connectivity index (χ1) is 5.95. The molecule has 1 N–H and O–H groups in total. The summed E-state index contributed by atoms with van der Waals surface area (Å²) in [4.78, 5) is 0. The molecular formula is C8H19NO2S2. The highest BCUT2D eigenvalue weighted by Crippen LogP contribution is 1.96. The van der Waals surface area contributed by atoms with E-state index in [1.165, 1.54) is 6.26 Å². The van der Waals surface area contributed by atoms with Crippen LogP contribution >= 0.6 is 11.8 Å². The van der Waals surface area contributed by atoms with Gasteiger partial charge in [0.1, 0.15) is 9.84 Å². The zero-order valence-electron chi connectivity index (χ0n) is 8.54. The average molecular weight is 225 g/mol. The van der Waals surface area contributed by atoms with Crippen molar-refractivity contribution in [3.05, 3.63) is 0 Å². The highest BCUT2D eigenvalue weighted by atomic mass is 32.2. The van der Waals surface area contributed by atoms with Crippen LogP contribution in [0.2, 0.25) is 0 Å². The maximum Gasteiger partial charge on any atom is 0.147 e. The lowest BCUT2D eigenvalue weighted by Gasteiger charge is -2.11. The molecule has 0 aromatic heterocycles. The normalized spacial score (nSPS) is 14.4. The van der Waals surface area contributed by atoms with E-state index in [0.29, 0.717) is 12.5 Å². The Labute approximate surface area is 85.6 Å². The van der Waals surface area contributed by atoms with Crippen molar-refractivity contribution in [2.45, 2.75) is 19.4 Å². The second-order valence-electron chi connectivity index (χ2n) is 3.29. The van der Waals surface area contributed by atoms with Gasteiger partial charge in [-0.1, -0.05) is 0 Å². The Morgan fingerprint density at radius 3 is 2.54 bits per heavy atom. The van der Waals surface area contributed by atoms with E-state index in [4.69, 9.17) is 0 Å². The standard InChI is InChI=1S/C8H19NO2S2/c1-8(7-12-2)9-5-4-6-13(3,10)11/h8-9H,4-7H2,1-3H3. The van der Waals surface area contributed by atoms with Gasteiger partial charge in [-0.3, -0.25) is 0 Å². The first kappa shape index (κ1) is 13.3. The molecule has 5 heteroatoms. The van der Waals surface area contributed by atoms with Crippen LogP contribution in [0.25, 0.3) is 0 Å². The van der Waals surface area contributed by atoms with Gasteiger partial charge in [0.25, 0.3) is 0 Å². The summed E-state index contributed by atoms with van der Waals surface area (Å²) in [5.74, 6) is 1.35. The van der Waals surface area contributed by atoms with Crippen molar-refractivity contribution in [3.63, 3.8) is 0 Å². The summed E-state index contributed by atoms with van der Waals surface area (Å²) in [6.07, 6.45) is 4.05. The van der Waals surface area contributed by atoms with E-state index >= 15 is 0 Å². The summed E-state index contributed by atoms with van der Waals surface area (Å²) >= 11 is 1.79. The predicted molar refractivity (Wildman–Crippen MR) is 60.2 cm³/mol. The fraction of sp³-hybridized carbons (Fsp3) is 1.00. The van der Waals surface area contributed by atoms with Gasteiger partial charge in [-0.05, 0) is 26.1 Å². The molecule has 0 spiro atoms. The lowest BCUT2D eigenvalue weighted by Crippen LogP contribution is -2.29. The second kappa shape index (κ2) is 6.68. The Bertz CT molecular complexity index is 214. The quantitative estimate of drug-likeness (QED) is 0.650. The summed E-state index contributed by atoms with van der Waals surface area (Å²) in [5.41, 5.74) is 0. The van der Waals surface area contributed by atoms with Crippen LogP contribution in [0.15, 0.2) is 0 Å². The van der Waals surface area contributed by atoms with Crippen molar-refractivity contribution in [2.24, 2.45) is 0 Å². The van der Waals surface area contributed by atoms with Crippen molar-refractivity contribution in [1.29, 1.82) is 0 Å². The predicted octanol–water partition coefficient (Wildman–Crippen LogP) is 0.762. The minimum absolute atomic E-state index is 0.284. The number of rotatable bonds is 7. The van der Waals surface area contributed by atoms with Gasteiger partial charge in [-0.2, -0.15) is 11.8 Å². The Morgan fingerprint density at radius 1 is 1.46 bits per heavy atom. The lowest BCUT2D eigenvalue weighted by molar-refractivity contribution is 0.575. The first-order valence-electron chi connectivity index (χ1n) is 4.36. The molecule has 3 nitrogen and oxygen atoms in total. The maximum atomic E-state index is 10.8. The molecule has 0 saturated heterocycles. The summed E-state index contributed by atoms with van der Waals surface area (Å²) in [6, 6.07) is 0.467. The molecule has 1 atom stereocenters. The molecule has 0 aromatic rings. The van der Waals surface area contributed by atoms with Crippen LogP contribution in [0, 0.1) is 0 Å². The highest BCUT2D eigenvalue weighted by molar-refractivity contribution is 7.98. The Kier molecular flexibility index (Phi) is 6.81. The lowest BCUT2D eigenvalue weighted by atomic mass is 10.3. The molecule has 0 aliphatic carbocycles. The van der Waals surface area contributed by atoms with Gasteiger partial charge in [-0.25, -0.2) is 8.42 Å². The van der Waals surface area contributed by atoms with E-state index in [0.717, 1.165) is 12.3 Å². The number of hydrogen-bond donors (Lipinski definition) is 1. The number of sulfone groups is 1. The van der Waals surface area contributed by atoms with Crippen molar-refractivity contribution in [3.8, 4) is 0 Å². The molecule has 1 unspecified atom stereocenters. The minimum Gasteiger partial charge on any atom is -0.313 e. The van der Waals surface area contributed by atoms with Crippen LogP contribution in [0.5, 0.6) is 0 Å². The van der Waals surface area contributed by atoms with Gasteiger partial charge in [-0.15, -0.1) is 0 Å². The largest absolute Gasteiger partial charge is 0.313 e. The summed E-state index contributed by atoms with van der Waals surface area (Å²) in [5, 5.41) is 3.27. The Morgan fingerprint density at radius 2 is 2.08 bits per heavy atom. The van der Waals surface area contributed by atoms with Crippen molar-refractivity contribution >= 4 is 21.6 Å². The molecule has 0 bridgehead atoms. The maximum absolute atomic E-state index is 10.8. The molecule has 0 amide bonds. The third-order valence-corrected chi connectivity index (χ3v) is 3.46. The van der Waals surface area contributed by atoms with Crippen LogP contribution in [-0.4, -0.2) is 45.0 Å².